The number of rotatable bonds is 3. The molecule has 0 saturated carbocycles. The number of nitrogens with zero attached hydrogens (tertiary/aromatic N) is 3. The number of nitrogen functional groups attached to an aromatic ring is 1. The minimum absolute atomic E-state index is 0.0767. The third-order valence-electron chi connectivity index (χ3n) is 3.77. The van der Waals surface area contributed by atoms with E-state index in [0.29, 0.717) is 11.6 Å². The Morgan fingerprint density at radius 2 is 1.76 bits per heavy atom. The molecular weight excluding hydrogens is 264 g/mol. The molecule has 0 spiro atoms. The van der Waals surface area contributed by atoms with Gasteiger partial charge < -0.3 is 15.4 Å². The predicted octanol–water partition coefficient (Wildman–Crippen LogP) is 2.37. The molecule has 1 aliphatic heterocycles. The van der Waals surface area contributed by atoms with Gasteiger partial charge in [0.2, 0.25) is 5.88 Å². The summed E-state index contributed by atoms with van der Waals surface area (Å²) in [6.45, 7) is 14.8. The lowest BCUT2D eigenvalue weighted by molar-refractivity contribution is 0.128. The van der Waals surface area contributed by atoms with Crippen LogP contribution in [0.5, 0.6) is 5.88 Å². The zero-order valence-electron chi connectivity index (χ0n) is 13.9. The summed E-state index contributed by atoms with van der Waals surface area (Å²) < 4.78 is 5.68. The van der Waals surface area contributed by atoms with Gasteiger partial charge >= 0.3 is 0 Å². The lowest BCUT2D eigenvalue weighted by Gasteiger charge is -2.42. The topological polar surface area (TPSA) is 54.6 Å². The van der Waals surface area contributed by atoms with Gasteiger partial charge in [-0.25, -0.2) is 0 Å². The first-order valence-electron chi connectivity index (χ1n) is 7.70. The zero-order chi connectivity index (χ0) is 15.6. The number of aromatic nitrogens is 1. The van der Waals surface area contributed by atoms with Crippen molar-refractivity contribution in [2.24, 2.45) is 0 Å². The van der Waals surface area contributed by atoms with Crippen LogP contribution >= 0.6 is 0 Å². The van der Waals surface area contributed by atoms with Crippen molar-refractivity contribution in [2.45, 2.75) is 46.3 Å². The van der Waals surface area contributed by atoms with Crippen LogP contribution in [-0.2, 0) is 0 Å². The van der Waals surface area contributed by atoms with Crippen LogP contribution in [-0.4, -0.2) is 47.7 Å². The first-order chi connectivity index (χ1) is 9.77. The Bertz CT molecular complexity index is 474. The van der Waals surface area contributed by atoms with Crippen molar-refractivity contribution < 1.29 is 4.74 Å². The Morgan fingerprint density at radius 3 is 2.29 bits per heavy atom. The van der Waals surface area contributed by atoms with E-state index in [9.17, 15) is 0 Å². The average molecular weight is 292 g/mol. The summed E-state index contributed by atoms with van der Waals surface area (Å²) in [5, 5.41) is 0. The van der Waals surface area contributed by atoms with Gasteiger partial charge in [0.05, 0.1) is 11.8 Å². The Kier molecular flexibility index (Phi) is 4.61. The first kappa shape index (κ1) is 15.9. The second-order valence-electron chi connectivity index (χ2n) is 6.88. The van der Waals surface area contributed by atoms with E-state index >= 15 is 0 Å². The summed E-state index contributed by atoms with van der Waals surface area (Å²) in [4.78, 5) is 9.39. The third kappa shape index (κ3) is 4.00. The zero-order valence-corrected chi connectivity index (χ0v) is 13.9. The van der Waals surface area contributed by atoms with E-state index in [1.807, 2.05) is 26.0 Å². The molecule has 118 valence electrons. The molecular formula is C16H28N4O. The second kappa shape index (κ2) is 6.10. The van der Waals surface area contributed by atoms with E-state index < -0.39 is 0 Å². The largest absolute Gasteiger partial charge is 0.473 e. The number of hydrogen-bond acceptors (Lipinski definition) is 5. The number of piperazine rings is 1. The summed E-state index contributed by atoms with van der Waals surface area (Å²) in [7, 11) is 0. The number of nitrogens with two attached hydrogens (primary N) is 1. The van der Waals surface area contributed by atoms with Crippen LogP contribution in [0.25, 0.3) is 0 Å². The minimum atomic E-state index is 0.0767. The fourth-order valence-corrected chi connectivity index (χ4v) is 2.54. The fourth-order valence-electron chi connectivity index (χ4n) is 2.54. The van der Waals surface area contributed by atoms with E-state index in [1.54, 1.807) is 0 Å². The van der Waals surface area contributed by atoms with Crippen molar-refractivity contribution in [1.82, 2.24) is 9.88 Å². The number of ether oxygens (including phenoxy) is 1. The molecule has 0 atom stereocenters. The molecule has 0 unspecified atom stereocenters. The van der Waals surface area contributed by atoms with Crippen LogP contribution in [0.4, 0.5) is 11.5 Å². The van der Waals surface area contributed by atoms with E-state index in [1.165, 1.54) is 0 Å². The van der Waals surface area contributed by atoms with Gasteiger partial charge in [0.15, 0.2) is 0 Å². The minimum Gasteiger partial charge on any atom is -0.473 e. The summed E-state index contributed by atoms with van der Waals surface area (Å²) >= 11 is 0. The molecule has 1 fully saturated rings. The van der Waals surface area contributed by atoms with E-state index in [2.05, 4.69) is 35.6 Å². The summed E-state index contributed by atoms with van der Waals surface area (Å²) in [6, 6.07) is 3.87. The van der Waals surface area contributed by atoms with E-state index in [0.717, 1.165) is 32.0 Å². The smallest absolute Gasteiger partial charge is 0.239 e. The standard InChI is InChI=1S/C16H28N4O/c1-12(2)21-15-13(17)6-7-14(18-15)19-8-10-20(11-9-19)16(3,4)5/h6-7,12H,8-11,17H2,1-5H3. The molecule has 0 aromatic carbocycles. The van der Waals surface area contributed by atoms with E-state index in [-0.39, 0.29) is 11.6 Å². The highest BCUT2D eigenvalue weighted by atomic mass is 16.5. The molecule has 0 radical (unpaired) electrons. The Balaban J connectivity index is 2.07. The molecule has 1 aromatic heterocycles. The summed E-state index contributed by atoms with van der Waals surface area (Å²) in [5.41, 5.74) is 6.76. The van der Waals surface area contributed by atoms with Crippen molar-refractivity contribution in [3.05, 3.63) is 12.1 Å². The molecule has 0 amide bonds. The highest BCUT2D eigenvalue weighted by Crippen LogP contribution is 2.25. The van der Waals surface area contributed by atoms with Crippen LogP contribution < -0.4 is 15.4 Å². The average Bonchev–Trinajstić information content (AvgIpc) is 2.40. The maximum atomic E-state index is 5.93. The highest BCUT2D eigenvalue weighted by molar-refractivity contribution is 5.54. The molecule has 0 aliphatic carbocycles. The van der Waals surface area contributed by atoms with Gasteiger partial charge in [0.25, 0.3) is 0 Å². The molecule has 21 heavy (non-hydrogen) atoms. The molecule has 1 aliphatic rings. The summed E-state index contributed by atoms with van der Waals surface area (Å²) in [6.07, 6.45) is 0.0767. The van der Waals surface area contributed by atoms with Crippen molar-refractivity contribution in [3.63, 3.8) is 0 Å². The normalized spacial score (nSPS) is 17.3. The van der Waals surface area contributed by atoms with Crippen molar-refractivity contribution in [3.8, 4) is 5.88 Å². The van der Waals surface area contributed by atoms with Gasteiger partial charge in [-0.3, -0.25) is 4.90 Å². The number of pyridine rings is 1. The van der Waals surface area contributed by atoms with E-state index in [4.69, 9.17) is 10.5 Å². The fraction of sp³-hybridized carbons (Fsp3) is 0.688. The molecule has 2 N–H and O–H groups in total. The van der Waals surface area contributed by atoms with Gasteiger partial charge in [-0.2, -0.15) is 4.98 Å². The Morgan fingerprint density at radius 1 is 1.14 bits per heavy atom. The maximum absolute atomic E-state index is 5.93. The van der Waals surface area contributed by atoms with Gasteiger partial charge in [0.1, 0.15) is 5.82 Å². The molecule has 5 nitrogen and oxygen atoms in total. The maximum Gasteiger partial charge on any atom is 0.239 e. The lowest BCUT2D eigenvalue weighted by Crippen LogP contribution is -2.53. The van der Waals surface area contributed by atoms with Crippen molar-refractivity contribution in [2.75, 3.05) is 36.8 Å². The molecule has 2 rings (SSSR count). The third-order valence-corrected chi connectivity index (χ3v) is 3.77. The Hall–Kier alpha value is -1.49. The lowest BCUT2D eigenvalue weighted by atomic mass is 10.1. The molecule has 1 saturated heterocycles. The monoisotopic (exact) mass is 292 g/mol. The molecule has 2 heterocycles. The second-order valence-corrected chi connectivity index (χ2v) is 6.88. The van der Waals surface area contributed by atoms with Crippen LogP contribution in [0, 0.1) is 0 Å². The molecule has 1 aromatic rings. The SMILES string of the molecule is CC(C)Oc1nc(N2CCN(C(C)(C)C)CC2)ccc1N. The van der Waals surface area contributed by atoms with Crippen LogP contribution in [0.2, 0.25) is 0 Å². The number of anilines is 2. The van der Waals surface area contributed by atoms with Gasteiger partial charge in [-0.05, 0) is 46.8 Å². The predicted molar refractivity (Wildman–Crippen MR) is 88.0 cm³/mol. The molecule has 5 heteroatoms. The van der Waals surface area contributed by atoms with Crippen molar-refractivity contribution >= 4 is 11.5 Å². The van der Waals surface area contributed by atoms with Gasteiger partial charge in [-0.15, -0.1) is 0 Å². The van der Waals surface area contributed by atoms with Crippen molar-refractivity contribution in [1.29, 1.82) is 0 Å². The number of hydrogen-bond donors (Lipinski definition) is 1. The van der Waals surface area contributed by atoms with Crippen LogP contribution in [0.1, 0.15) is 34.6 Å². The van der Waals surface area contributed by atoms with Crippen LogP contribution in [0.15, 0.2) is 12.1 Å². The quantitative estimate of drug-likeness (QED) is 0.927. The first-order valence-corrected chi connectivity index (χ1v) is 7.70. The van der Waals surface area contributed by atoms with Gasteiger partial charge in [-0.1, -0.05) is 0 Å². The molecule has 0 bridgehead atoms. The van der Waals surface area contributed by atoms with Crippen LogP contribution in [0.3, 0.4) is 0 Å². The highest BCUT2D eigenvalue weighted by Gasteiger charge is 2.26. The summed E-state index contributed by atoms with van der Waals surface area (Å²) in [5.74, 6) is 1.49. The Labute approximate surface area is 128 Å². The van der Waals surface area contributed by atoms with Gasteiger partial charge in [0, 0.05) is 31.7 Å².